The van der Waals surface area contributed by atoms with Crippen molar-refractivity contribution in [1.29, 1.82) is 0 Å². The molecule has 0 atom stereocenters. The lowest BCUT2D eigenvalue weighted by atomic mass is 10.1. The van der Waals surface area contributed by atoms with E-state index >= 15 is 0 Å². The number of nitrogens with one attached hydrogen (secondary N) is 1. The first-order valence-electron chi connectivity index (χ1n) is 6.59. The fourth-order valence-corrected chi connectivity index (χ4v) is 2.94. The Balaban J connectivity index is 1.91. The summed E-state index contributed by atoms with van der Waals surface area (Å²) in [5.41, 5.74) is 2.28. The third-order valence-corrected chi connectivity index (χ3v) is 4.41. The molecule has 0 aliphatic carbocycles. The fraction of sp³-hybridized carbons (Fsp3) is 0.312. The summed E-state index contributed by atoms with van der Waals surface area (Å²) in [6.45, 7) is 4.66. The first-order chi connectivity index (χ1) is 9.61. The van der Waals surface area contributed by atoms with E-state index in [-0.39, 0.29) is 5.91 Å². The second kappa shape index (κ2) is 6.57. The summed E-state index contributed by atoms with van der Waals surface area (Å²) in [5.74, 6) is 0.866. The maximum Gasteiger partial charge on any atom is 0.261 e. The molecule has 0 radical (unpaired) electrons. The number of carbonyl (C=O) groups excluding carboxylic acids is 1. The van der Waals surface area contributed by atoms with Crippen LogP contribution in [-0.2, 0) is 6.42 Å². The highest BCUT2D eigenvalue weighted by molar-refractivity contribution is 7.14. The second-order valence-corrected chi connectivity index (χ2v) is 5.92. The van der Waals surface area contributed by atoms with Gasteiger partial charge in [-0.3, -0.25) is 4.79 Å². The van der Waals surface area contributed by atoms with Crippen LogP contribution in [0.15, 0.2) is 30.3 Å². The Kier molecular flexibility index (Phi) is 4.79. The predicted molar refractivity (Wildman–Crippen MR) is 82.8 cm³/mol. The SMILES string of the molecule is COc1ccccc1CCNC(=O)c1cc(C)c(C)s1. The van der Waals surface area contributed by atoms with Gasteiger partial charge in [-0.2, -0.15) is 0 Å². The topological polar surface area (TPSA) is 38.3 Å². The molecule has 2 aromatic rings. The molecular formula is C16H19NO2S. The van der Waals surface area contributed by atoms with Crippen molar-refractivity contribution in [2.45, 2.75) is 20.3 Å². The number of para-hydroxylation sites is 1. The fourth-order valence-electron chi connectivity index (χ4n) is 1.99. The highest BCUT2D eigenvalue weighted by atomic mass is 32.1. The maximum absolute atomic E-state index is 12.0. The van der Waals surface area contributed by atoms with Crippen LogP contribution in [0.4, 0.5) is 0 Å². The summed E-state index contributed by atoms with van der Waals surface area (Å²) in [7, 11) is 1.66. The van der Waals surface area contributed by atoms with Gasteiger partial charge in [0.05, 0.1) is 12.0 Å². The predicted octanol–water partition coefficient (Wildman–Crippen LogP) is 3.35. The van der Waals surface area contributed by atoms with Crippen molar-refractivity contribution >= 4 is 17.2 Å². The van der Waals surface area contributed by atoms with Gasteiger partial charge in [0.1, 0.15) is 5.75 Å². The van der Waals surface area contributed by atoms with E-state index < -0.39 is 0 Å². The van der Waals surface area contributed by atoms with E-state index in [4.69, 9.17) is 4.74 Å². The molecule has 0 fully saturated rings. The summed E-state index contributed by atoms with van der Waals surface area (Å²) in [4.78, 5) is 14.0. The van der Waals surface area contributed by atoms with Crippen LogP contribution in [0.1, 0.15) is 25.7 Å². The third-order valence-electron chi connectivity index (χ3n) is 3.26. The normalized spacial score (nSPS) is 10.3. The lowest BCUT2D eigenvalue weighted by Crippen LogP contribution is -2.24. The summed E-state index contributed by atoms with van der Waals surface area (Å²) in [6, 6.07) is 9.82. The van der Waals surface area contributed by atoms with E-state index in [1.165, 1.54) is 21.8 Å². The van der Waals surface area contributed by atoms with E-state index in [0.717, 1.165) is 22.6 Å². The summed E-state index contributed by atoms with van der Waals surface area (Å²) >= 11 is 1.54. The van der Waals surface area contributed by atoms with Crippen molar-refractivity contribution < 1.29 is 9.53 Å². The molecule has 0 aliphatic heterocycles. The Hall–Kier alpha value is -1.81. The van der Waals surface area contributed by atoms with Crippen LogP contribution >= 0.6 is 11.3 Å². The van der Waals surface area contributed by atoms with E-state index in [1.54, 1.807) is 7.11 Å². The number of amides is 1. The van der Waals surface area contributed by atoms with Crippen molar-refractivity contribution in [2.75, 3.05) is 13.7 Å². The zero-order valence-electron chi connectivity index (χ0n) is 12.0. The zero-order chi connectivity index (χ0) is 14.5. The molecule has 0 aliphatic rings. The number of hydrogen-bond acceptors (Lipinski definition) is 3. The molecule has 0 saturated heterocycles. The largest absolute Gasteiger partial charge is 0.496 e. The van der Waals surface area contributed by atoms with E-state index in [2.05, 4.69) is 5.32 Å². The number of methoxy groups -OCH3 is 1. The van der Waals surface area contributed by atoms with Gasteiger partial charge in [0.25, 0.3) is 5.91 Å². The lowest BCUT2D eigenvalue weighted by molar-refractivity contribution is 0.0958. The molecule has 2 rings (SSSR count). The number of rotatable bonds is 5. The summed E-state index contributed by atoms with van der Waals surface area (Å²) in [6.07, 6.45) is 0.763. The minimum atomic E-state index is 0.00102. The van der Waals surface area contributed by atoms with Gasteiger partial charge in [-0.1, -0.05) is 18.2 Å². The van der Waals surface area contributed by atoms with Gasteiger partial charge in [-0.15, -0.1) is 11.3 Å². The minimum Gasteiger partial charge on any atom is -0.496 e. The monoisotopic (exact) mass is 289 g/mol. The van der Waals surface area contributed by atoms with Gasteiger partial charge < -0.3 is 10.1 Å². The molecule has 3 nitrogen and oxygen atoms in total. The Morgan fingerprint density at radius 1 is 1.30 bits per heavy atom. The highest BCUT2D eigenvalue weighted by Crippen LogP contribution is 2.20. The maximum atomic E-state index is 12.0. The number of benzene rings is 1. The summed E-state index contributed by atoms with van der Waals surface area (Å²) < 4.78 is 5.30. The Morgan fingerprint density at radius 2 is 2.05 bits per heavy atom. The van der Waals surface area contributed by atoms with E-state index in [9.17, 15) is 4.79 Å². The Labute approximate surface area is 123 Å². The number of ether oxygens (including phenoxy) is 1. The molecule has 1 aromatic heterocycles. The Morgan fingerprint density at radius 3 is 2.70 bits per heavy atom. The minimum absolute atomic E-state index is 0.00102. The van der Waals surface area contributed by atoms with Crippen LogP contribution in [0.3, 0.4) is 0 Å². The van der Waals surface area contributed by atoms with Crippen LogP contribution in [0, 0.1) is 13.8 Å². The molecule has 4 heteroatoms. The Bertz CT molecular complexity index is 585. The molecule has 1 N–H and O–H groups in total. The van der Waals surface area contributed by atoms with E-state index in [1.807, 2.05) is 44.2 Å². The first-order valence-corrected chi connectivity index (χ1v) is 7.40. The van der Waals surface area contributed by atoms with Crippen molar-refractivity contribution in [3.63, 3.8) is 0 Å². The van der Waals surface area contributed by atoms with Gasteiger partial charge in [-0.25, -0.2) is 0 Å². The molecular weight excluding hydrogens is 270 g/mol. The van der Waals surface area contributed by atoms with Gasteiger partial charge in [-0.05, 0) is 43.5 Å². The average Bonchev–Trinajstić information content (AvgIpc) is 2.79. The van der Waals surface area contributed by atoms with Gasteiger partial charge in [0, 0.05) is 11.4 Å². The number of aryl methyl sites for hydroxylation is 2. The lowest BCUT2D eigenvalue weighted by Gasteiger charge is -2.08. The quantitative estimate of drug-likeness (QED) is 0.916. The second-order valence-electron chi connectivity index (χ2n) is 4.67. The van der Waals surface area contributed by atoms with Crippen molar-refractivity contribution in [1.82, 2.24) is 5.32 Å². The van der Waals surface area contributed by atoms with Gasteiger partial charge in [0.2, 0.25) is 0 Å². The third kappa shape index (κ3) is 3.39. The number of hydrogen-bond donors (Lipinski definition) is 1. The molecule has 20 heavy (non-hydrogen) atoms. The summed E-state index contributed by atoms with van der Waals surface area (Å²) in [5, 5.41) is 2.96. The van der Waals surface area contributed by atoms with Crippen LogP contribution in [-0.4, -0.2) is 19.6 Å². The van der Waals surface area contributed by atoms with Gasteiger partial charge >= 0.3 is 0 Å². The van der Waals surface area contributed by atoms with Crippen LogP contribution in [0.25, 0.3) is 0 Å². The van der Waals surface area contributed by atoms with Gasteiger partial charge in [0.15, 0.2) is 0 Å². The van der Waals surface area contributed by atoms with Crippen LogP contribution in [0.2, 0.25) is 0 Å². The van der Waals surface area contributed by atoms with Crippen molar-refractivity contribution in [3.05, 3.63) is 51.2 Å². The molecule has 0 bridgehead atoms. The van der Waals surface area contributed by atoms with Crippen LogP contribution < -0.4 is 10.1 Å². The highest BCUT2D eigenvalue weighted by Gasteiger charge is 2.10. The van der Waals surface area contributed by atoms with Crippen LogP contribution in [0.5, 0.6) is 5.75 Å². The molecule has 0 unspecified atom stereocenters. The smallest absolute Gasteiger partial charge is 0.261 e. The first kappa shape index (κ1) is 14.6. The number of carbonyl (C=O) groups is 1. The molecule has 0 spiro atoms. The van der Waals surface area contributed by atoms with E-state index in [0.29, 0.717) is 6.54 Å². The molecule has 1 aromatic carbocycles. The molecule has 0 saturated carbocycles. The number of thiophene rings is 1. The zero-order valence-corrected chi connectivity index (χ0v) is 12.8. The van der Waals surface area contributed by atoms with Crippen molar-refractivity contribution in [2.24, 2.45) is 0 Å². The standard InChI is InChI=1S/C16H19NO2S/c1-11-10-15(20-12(11)2)16(18)17-9-8-13-6-4-5-7-14(13)19-3/h4-7,10H,8-9H2,1-3H3,(H,17,18). The average molecular weight is 289 g/mol. The molecule has 1 amide bonds. The molecule has 1 heterocycles. The molecule has 106 valence electrons. The van der Waals surface area contributed by atoms with Crippen molar-refractivity contribution in [3.8, 4) is 5.75 Å².